The lowest BCUT2D eigenvalue weighted by atomic mass is 10.2. The molecule has 5 nitrogen and oxygen atoms in total. The van der Waals surface area contributed by atoms with Crippen molar-refractivity contribution in [1.29, 1.82) is 0 Å². The van der Waals surface area contributed by atoms with E-state index in [1.807, 2.05) is 13.8 Å². The van der Waals surface area contributed by atoms with Gasteiger partial charge in [-0.15, -0.1) is 0 Å². The Morgan fingerprint density at radius 1 is 1.45 bits per heavy atom. The Labute approximate surface area is 124 Å². The Morgan fingerprint density at radius 3 is 2.85 bits per heavy atom. The molecule has 1 aromatic heterocycles. The van der Waals surface area contributed by atoms with Gasteiger partial charge in [-0.2, -0.15) is 5.10 Å². The van der Waals surface area contributed by atoms with E-state index < -0.39 is 0 Å². The van der Waals surface area contributed by atoms with Gasteiger partial charge in [-0.05, 0) is 31.7 Å². The van der Waals surface area contributed by atoms with Crippen molar-refractivity contribution < 1.29 is 0 Å². The van der Waals surface area contributed by atoms with E-state index in [0.717, 1.165) is 25.6 Å². The first-order valence-corrected chi connectivity index (χ1v) is 7.68. The lowest BCUT2D eigenvalue weighted by Gasteiger charge is -2.11. The maximum Gasteiger partial charge on any atom is 0.287 e. The van der Waals surface area contributed by atoms with Gasteiger partial charge in [-0.3, -0.25) is 4.79 Å². The Bertz CT molecular complexity index is 496. The first-order chi connectivity index (χ1) is 9.58. The maximum absolute atomic E-state index is 12.0. The number of nitrogens with one attached hydrogen (secondary N) is 2. The largest absolute Gasteiger partial charge is 0.382 e. The molecular formula is C14H23ClN4O. The van der Waals surface area contributed by atoms with Crippen LogP contribution in [0.1, 0.15) is 33.1 Å². The Morgan fingerprint density at radius 2 is 2.20 bits per heavy atom. The number of halogens is 1. The molecule has 20 heavy (non-hydrogen) atoms. The molecule has 112 valence electrons. The predicted octanol–water partition coefficient (Wildman–Crippen LogP) is 2.11. The van der Waals surface area contributed by atoms with Crippen LogP contribution in [0.4, 0.5) is 5.69 Å². The predicted molar refractivity (Wildman–Crippen MR) is 82.5 cm³/mol. The summed E-state index contributed by atoms with van der Waals surface area (Å²) in [5.41, 5.74) is 0.407. The van der Waals surface area contributed by atoms with Gasteiger partial charge in [0.1, 0.15) is 5.02 Å². The highest BCUT2D eigenvalue weighted by atomic mass is 35.5. The molecule has 1 aliphatic rings. The topological polar surface area (TPSA) is 59.0 Å². The minimum absolute atomic E-state index is 0.221. The first kappa shape index (κ1) is 15.3. The monoisotopic (exact) mass is 298 g/mol. The van der Waals surface area contributed by atoms with E-state index in [1.165, 1.54) is 17.5 Å². The summed E-state index contributed by atoms with van der Waals surface area (Å²) in [4.78, 5) is 12.0. The minimum Gasteiger partial charge on any atom is -0.382 e. The van der Waals surface area contributed by atoms with Crippen molar-refractivity contribution in [3.63, 3.8) is 0 Å². The van der Waals surface area contributed by atoms with Crippen LogP contribution in [0.15, 0.2) is 11.0 Å². The van der Waals surface area contributed by atoms with Crippen molar-refractivity contribution in [2.45, 2.75) is 45.7 Å². The molecule has 0 spiro atoms. The first-order valence-electron chi connectivity index (χ1n) is 7.31. The lowest BCUT2D eigenvalue weighted by molar-refractivity contribution is 0.464. The molecule has 0 aliphatic heterocycles. The van der Waals surface area contributed by atoms with Crippen molar-refractivity contribution in [1.82, 2.24) is 15.1 Å². The van der Waals surface area contributed by atoms with Gasteiger partial charge >= 0.3 is 0 Å². The Kier molecular flexibility index (Phi) is 5.43. The molecule has 0 unspecified atom stereocenters. The highest BCUT2D eigenvalue weighted by Gasteiger charge is 2.19. The third kappa shape index (κ3) is 4.49. The summed E-state index contributed by atoms with van der Waals surface area (Å²) >= 11 is 6.10. The Balaban J connectivity index is 1.84. The van der Waals surface area contributed by atoms with Crippen LogP contribution in [0.5, 0.6) is 0 Å². The number of hydrogen-bond donors (Lipinski definition) is 2. The van der Waals surface area contributed by atoms with Crippen LogP contribution < -0.4 is 16.2 Å². The second-order valence-corrected chi connectivity index (χ2v) is 6.14. The van der Waals surface area contributed by atoms with Crippen molar-refractivity contribution in [3.8, 4) is 0 Å². The molecule has 0 amide bonds. The summed E-state index contributed by atoms with van der Waals surface area (Å²) in [5.74, 6) is 0.364. The van der Waals surface area contributed by atoms with Crippen LogP contribution in [0.2, 0.25) is 5.02 Å². The third-order valence-corrected chi connectivity index (χ3v) is 3.57. The van der Waals surface area contributed by atoms with E-state index in [1.54, 1.807) is 6.20 Å². The highest BCUT2D eigenvalue weighted by Crippen LogP contribution is 2.18. The second kappa shape index (κ2) is 7.09. The average Bonchev–Trinajstić information content (AvgIpc) is 3.21. The zero-order valence-corrected chi connectivity index (χ0v) is 12.9. The summed E-state index contributed by atoms with van der Waals surface area (Å²) in [7, 11) is 0. The summed E-state index contributed by atoms with van der Waals surface area (Å²) in [6.45, 7) is 6.45. The molecule has 0 bridgehead atoms. The van der Waals surface area contributed by atoms with Crippen molar-refractivity contribution in [2.75, 3.05) is 18.4 Å². The standard InChI is InChI=1S/C14H23ClN4O/c1-10(2)9-19-14(20)13(15)12(8-18-19)17-7-3-6-16-11-4-5-11/h8,10-11,16-17H,3-7,9H2,1-2H3. The fourth-order valence-electron chi connectivity index (χ4n) is 1.97. The summed E-state index contributed by atoms with van der Waals surface area (Å²) < 4.78 is 1.42. The molecule has 0 saturated heterocycles. The number of nitrogens with zero attached hydrogens (tertiary/aromatic N) is 2. The molecule has 6 heteroatoms. The quantitative estimate of drug-likeness (QED) is 0.722. The SMILES string of the molecule is CC(C)Cn1ncc(NCCCNC2CC2)c(Cl)c1=O. The van der Waals surface area contributed by atoms with E-state index >= 15 is 0 Å². The molecule has 1 fully saturated rings. The smallest absolute Gasteiger partial charge is 0.287 e. The molecule has 1 heterocycles. The zero-order chi connectivity index (χ0) is 14.5. The zero-order valence-electron chi connectivity index (χ0n) is 12.2. The van der Waals surface area contributed by atoms with Crippen molar-refractivity contribution >= 4 is 17.3 Å². The van der Waals surface area contributed by atoms with Gasteiger partial charge < -0.3 is 10.6 Å². The van der Waals surface area contributed by atoms with E-state index in [0.29, 0.717) is 18.2 Å². The van der Waals surface area contributed by atoms with E-state index in [9.17, 15) is 4.79 Å². The molecule has 1 aromatic rings. The van der Waals surface area contributed by atoms with Crippen LogP contribution in [0.25, 0.3) is 0 Å². The molecular weight excluding hydrogens is 276 g/mol. The fraction of sp³-hybridized carbons (Fsp3) is 0.714. The van der Waals surface area contributed by atoms with Gasteiger partial charge in [0.25, 0.3) is 5.56 Å². The van der Waals surface area contributed by atoms with E-state index in [2.05, 4.69) is 15.7 Å². The number of aromatic nitrogens is 2. The number of hydrogen-bond acceptors (Lipinski definition) is 4. The normalized spacial score (nSPS) is 14.8. The van der Waals surface area contributed by atoms with Crippen LogP contribution in [0.3, 0.4) is 0 Å². The van der Waals surface area contributed by atoms with Crippen LogP contribution in [-0.2, 0) is 6.54 Å². The number of rotatable bonds is 8. The summed E-state index contributed by atoms with van der Waals surface area (Å²) in [5, 5.41) is 11.0. The van der Waals surface area contributed by atoms with Crippen LogP contribution >= 0.6 is 11.6 Å². The molecule has 1 aliphatic carbocycles. The van der Waals surface area contributed by atoms with Crippen LogP contribution in [0, 0.1) is 5.92 Å². The lowest BCUT2D eigenvalue weighted by Crippen LogP contribution is -2.26. The minimum atomic E-state index is -0.221. The molecule has 2 rings (SSSR count). The number of anilines is 1. The van der Waals surface area contributed by atoms with E-state index in [4.69, 9.17) is 11.6 Å². The molecule has 2 N–H and O–H groups in total. The van der Waals surface area contributed by atoms with Gasteiger partial charge in [0, 0.05) is 19.1 Å². The van der Waals surface area contributed by atoms with Crippen molar-refractivity contribution in [3.05, 3.63) is 21.6 Å². The molecule has 0 radical (unpaired) electrons. The summed E-state index contributed by atoms with van der Waals surface area (Å²) in [6, 6.07) is 0.736. The van der Waals surface area contributed by atoms with Gasteiger partial charge in [0.15, 0.2) is 0 Å². The second-order valence-electron chi connectivity index (χ2n) is 5.76. The van der Waals surface area contributed by atoms with Gasteiger partial charge in [-0.1, -0.05) is 25.4 Å². The fourth-order valence-corrected chi connectivity index (χ4v) is 2.18. The molecule has 0 aromatic carbocycles. The van der Waals surface area contributed by atoms with E-state index in [-0.39, 0.29) is 10.6 Å². The Hall–Kier alpha value is -1.07. The highest BCUT2D eigenvalue weighted by molar-refractivity contribution is 6.32. The maximum atomic E-state index is 12.0. The van der Waals surface area contributed by atoms with Crippen molar-refractivity contribution in [2.24, 2.45) is 5.92 Å². The molecule has 0 atom stereocenters. The average molecular weight is 299 g/mol. The van der Waals surface area contributed by atoms with Gasteiger partial charge in [-0.25, -0.2) is 4.68 Å². The third-order valence-electron chi connectivity index (χ3n) is 3.20. The summed E-state index contributed by atoms with van der Waals surface area (Å²) in [6.07, 6.45) is 5.25. The molecule has 1 saturated carbocycles. The van der Waals surface area contributed by atoms with Gasteiger partial charge in [0.2, 0.25) is 0 Å². The van der Waals surface area contributed by atoms with Gasteiger partial charge in [0.05, 0.1) is 11.9 Å². The van der Waals surface area contributed by atoms with Crippen LogP contribution in [-0.4, -0.2) is 28.9 Å².